The molecular weight excluding hydrogens is 337 g/mol. The van der Waals surface area contributed by atoms with E-state index in [4.69, 9.17) is 4.74 Å². The third-order valence-corrected chi connectivity index (χ3v) is 3.45. The van der Waals surface area contributed by atoms with Gasteiger partial charge in [-0.15, -0.1) is 0 Å². The van der Waals surface area contributed by atoms with E-state index in [1.165, 1.54) is 12.1 Å². The second-order valence-electron chi connectivity index (χ2n) is 5.12. The van der Waals surface area contributed by atoms with E-state index in [0.29, 0.717) is 22.9 Å². The fourth-order valence-electron chi connectivity index (χ4n) is 2.28. The number of carbonyl (C=O) groups excluding carboxylic acids is 2. The van der Waals surface area contributed by atoms with Crippen LogP contribution in [0.15, 0.2) is 29.3 Å². The number of hydrogen-bond donors (Lipinski definition) is 0. The molecule has 0 saturated heterocycles. The summed E-state index contributed by atoms with van der Waals surface area (Å²) in [7, 11) is 0. The summed E-state index contributed by atoms with van der Waals surface area (Å²) in [5.41, 5.74) is -0.180. The van der Waals surface area contributed by atoms with Crippen LogP contribution >= 0.6 is 0 Å². The maximum Gasteiger partial charge on any atom is 0.433 e. The molecule has 0 spiro atoms. The highest BCUT2D eigenvalue weighted by molar-refractivity contribution is 6.12. The summed E-state index contributed by atoms with van der Waals surface area (Å²) in [6.45, 7) is 3.31. The Morgan fingerprint density at radius 3 is 2.60 bits per heavy atom. The normalized spacial score (nSPS) is 12.3. The van der Waals surface area contributed by atoms with E-state index in [1.807, 2.05) is 0 Å². The zero-order valence-electron chi connectivity index (χ0n) is 13.6. The van der Waals surface area contributed by atoms with Gasteiger partial charge in [-0.05, 0) is 32.0 Å². The van der Waals surface area contributed by atoms with Crippen molar-refractivity contribution < 1.29 is 27.5 Å². The van der Waals surface area contributed by atoms with Crippen LogP contribution in [0.5, 0.6) is 0 Å². The molecule has 132 valence electrons. The number of benzene rings is 1. The van der Waals surface area contributed by atoms with Crippen LogP contribution in [0.3, 0.4) is 0 Å². The van der Waals surface area contributed by atoms with E-state index in [2.05, 4.69) is 9.98 Å². The fourth-order valence-corrected chi connectivity index (χ4v) is 2.28. The lowest BCUT2D eigenvalue weighted by atomic mass is 10.0. The molecule has 0 atom stereocenters. The van der Waals surface area contributed by atoms with E-state index in [9.17, 15) is 22.8 Å². The zero-order chi connectivity index (χ0) is 18.6. The second kappa shape index (κ2) is 7.42. The molecule has 5 nitrogen and oxygen atoms in total. The Morgan fingerprint density at radius 1 is 1.28 bits per heavy atom. The van der Waals surface area contributed by atoms with Crippen LogP contribution in [0.1, 0.15) is 35.5 Å². The third kappa shape index (κ3) is 4.20. The summed E-state index contributed by atoms with van der Waals surface area (Å²) >= 11 is 0. The topological polar surface area (TPSA) is 68.6 Å². The molecule has 0 bridgehead atoms. The number of fused-ring (bicyclic) bond motifs is 1. The van der Waals surface area contributed by atoms with Crippen LogP contribution in [0, 0.1) is 0 Å². The number of hydrogen-bond acceptors (Lipinski definition) is 5. The first-order chi connectivity index (χ1) is 11.8. The van der Waals surface area contributed by atoms with Crippen LogP contribution in [0.25, 0.3) is 10.9 Å². The largest absolute Gasteiger partial charge is 0.465 e. The van der Waals surface area contributed by atoms with Gasteiger partial charge in [-0.1, -0.05) is 6.07 Å². The average Bonchev–Trinajstić information content (AvgIpc) is 2.57. The highest BCUT2D eigenvalue weighted by Gasteiger charge is 2.32. The molecule has 25 heavy (non-hydrogen) atoms. The molecule has 0 aliphatic rings. The Balaban J connectivity index is 2.53. The number of esters is 1. The van der Waals surface area contributed by atoms with Gasteiger partial charge in [0.2, 0.25) is 0 Å². The van der Waals surface area contributed by atoms with Gasteiger partial charge in [-0.3, -0.25) is 14.6 Å². The van der Waals surface area contributed by atoms with E-state index < -0.39 is 17.8 Å². The smallest absolute Gasteiger partial charge is 0.433 e. The number of pyridine rings is 1. The van der Waals surface area contributed by atoms with Gasteiger partial charge in [0, 0.05) is 22.2 Å². The van der Waals surface area contributed by atoms with Gasteiger partial charge in [-0.2, -0.15) is 13.2 Å². The van der Waals surface area contributed by atoms with Crippen molar-refractivity contribution in [2.24, 2.45) is 4.99 Å². The van der Waals surface area contributed by atoms with Crippen molar-refractivity contribution in [3.05, 3.63) is 41.1 Å². The summed E-state index contributed by atoms with van der Waals surface area (Å²) in [5.74, 6) is -0.506. The Bertz CT molecular complexity index is 845. The minimum Gasteiger partial charge on any atom is -0.465 e. The number of aliphatic imine (C=N–C) groups is 1. The maximum absolute atomic E-state index is 12.9. The Kier molecular flexibility index (Phi) is 5.51. The van der Waals surface area contributed by atoms with Gasteiger partial charge in [0.25, 0.3) is 0 Å². The first kappa shape index (κ1) is 18.6. The number of aromatic nitrogens is 1. The minimum atomic E-state index is -4.61. The molecule has 0 radical (unpaired) electrons. The van der Waals surface area contributed by atoms with Gasteiger partial charge in [0.05, 0.1) is 12.1 Å². The van der Waals surface area contributed by atoms with E-state index in [-0.39, 0.29) is 24.2 Å². The van der Waals surface area contributed by atoms with Crippen molar-refractivity contribution in [1.82, 2.24) is 4.98 Å². The zero-order valence-corrected chi connectivity index (χ0v) is 13.6. The molecule has 0 N–H and O–H groups in total. The molecule has 0 amide bonds. The number of nitrogens with zero attached hydrogens (tertiary/aromatic N) is 2. The van der Waals surface area contributed by atoms with Crippen LogP contribution in [0.2, 0.25) is 0 Å². The second-order valence-corrected chi connectivity index (χ2v) is 5.12. The summed E-state index contributed by atoms with van der Waals surface area (Å²) in [6.07, 6.45) is -4.16. The first-order valence-corrected chi connectivity index (χ1v) is 7.41. The molecule has 1 aromatic carbocycles. The number of aldehydes is 1. The molecule has 1 aromatic heterocycles. The van der Waals surface area contributed by atoms with E-state index in [0.717, 1.165) is 6.07 Å². The quantitative estimate of drug-likeness (QED) is 0.470. The summed E-state index contributed by atoms with van der Waals surface area (Å²) < 4.78 is 43.4. The van der Waals surface area contributed by atoms with E-state index in [1.54, 1.807) is 19.9 Å². The monoisotopic (exact) mass is 352 g/mol. The van der Waals surface area contributed by atoms with Crippen molar-refractivity contribution >= 4 is 28.9 Å². The van der Waals surface area contributed by atoms with Crippen molar-refractivity contribution in [3.8, 4) is 0 Å². The van der Waals surface area contributed by atoms with Gasteiger partial charge in [0.15, 0.2) is 6.29 Å². The Morgan fingerprint density at radius 2 is 2.00 bits per heavy atom. The molecule has 2 aromatic rings. The summed E-state index contributed by atoms with van der Waals surface area (Å²) in [6, 6.07) is 5.03. The minimum absolute atomic E-state index is 0.0445. The molecule has 2 rings (SSSR count). The predicted molar refractivity (Wildman–Crippen MR) is 85.8 cm³/mol. The van der Waals surface area contributed by atoms with Crippen molar-refractivity contribution in [2.45, 2.75) is 20.0 Å². The highest BCUT2D eigenvalue weighted by Crippen LogP contribution is 2.30. The molecule has 0 aliphatic carbocycles. The maximum atomic E-state index is 12.9. The lowest BCUT2D eigenvalue weighted by Crippen LogP contribution is -2.11. The molecule has 0 saturated carbocycles. The van der Waals surface area contributed by atoms with Gasteiger partial charge >= 0.3 is 12.1 Å². The first-order valence-electron chi connectivity index (χ1n) is 7.41. The van der Waals surface area contributed by atoms with Gasteiger partial charge < -0.3 is 4.74 Å². The van der Waals surface area contributed by atoms with Crippen molar-refractivity contribution in [3.63, 3.8) is 0 Å². The van der Waals surface area contributed by atoms with Gasteiger partial charge in [-0.25, -0.2) is 4.98 Å². The molecule has 8 heteroatoms. The number of ether oxygens (including phenoxy) is 1. The number of alkyl halides is 3. The predicted octanol–water partition coefficient (Wildman–Crippen LogP) is 3.44. The molecule has 0 aliphatic heterocycles. The molecule has 0 unspecified atom stereocenters. The van der Waals surface area contributed by atoms with Crippen LogP contribution < -0.4 is 0 Å². The Hall–Kier alpha value is -2.77. The lowest BCUT2D eigenvalue weighted by molar-refractivity contribution is -0.142. The number of rotatable bonds is 5. The third-order valence-electron chi connectivity index (χ3n) is 3.45. The average molecular weight is 352 g/mol. The fraction of sp³-hybridized carbons (Fsp3) is 0.294. The van der Waals surface area contributed by atoms with Crippen molar-refractivity contribution in [1.29, 1.82) is 0 Å². The van der Waals surface area contributed by atoms with E-state index >= 15 is 0 Å². The summed E-state index contributed by atoms with van der Waals surface area (Å²) in [5, 5.41) is 0.350. The van der Waals surface area contributed by atoms with Crippen molar-refractivity contribution in [2.75, 3.05) is 13.2 Å². The summed E-state index contributed by atoms with van der Waals surface area (Å²) in [4.78, 5) is 30.2. The molecule has 0 fully saturated rings. The number of carbonyl (C=O) groups is 2. The van der Waals surface area contributed by atoms with Crippen LogP contribution in [-0.4, -0.2) is 36.1 Å². The lowest BCUT2D eigenvalue weighted by Gasteiger charge is -2.11. The Labute approximate surface area is 141 Å². The highest BCUT2D eigenvalue weighted by atomic mass is 19.4. The van der Waals surface area contributed by atoms with Gasteiger partial charge in [0.1, 0.15) is 12.2 Å². The molecular formula is C17H15F3N2O3. The molecule has 1 heterocycles. The SMILES string of the molecule is CCOC(=O)CN=C(C)c1ccc(C=O)c2nc(C(F)(F)F)ccc12. The van der Waals surface area contributed by atoms with Crippen LogP contribution in [0.4, 0.5) is 13.2 Å². The standard InChI is InChI=1S/C17H15F3N2O3/c1-3-25-15(24)8-21-10(2)12-5-4-11(9-23)16-13(12)6-7-14(22-16)17(18,19)20/h4-7,9H,3,8H2,1-2H3. The number of halogens is 3. The van der Waals surface area contributed by atoms with Crippen LogP contribution in [-0.2, 0) is 15.7 Å².